The van der Waals surface area contributed by atoms with Gasteiger partial charge >= 0.3 is 0 Å². The Morgan fingerprint density at radius 3 is 2.63 bits per heavy atom. The van der Waals surface area contributed by atoms with Gasteiger partial charge in [-0.15, -0.1) is 0 Å². The summed E-state index contributed by atoms with van der Waals surface area (Å²) in [5.41, 5.74) is 7.25. The third-order valence-electron chi connectivity index (χ3n) is 2.64. The number of carbonyl (C=O) groups is 1. The number of hydrogen-bond donors (Lipinski definition) is 3. The second-order valence-electron chi connectivity index (χ2n) is 4.18. The first-order valence-corrected chi connectivity index (χ1v) is 6.53. The molecule has 0 aromatic heterocycles. The molecule has 0 saturated heterocycles. The molecule has 0 radical (unpaired) electrons. The molecule has 19 heavy (non-hydrogen) atoms. The van der Waals surface area contributed by atoms with E-state index < -0.39 is 0 Å². The predicted molar refractivity (Wildman–Crippen MR) is 74.1 cm³/mol. The van der Waals surface area contributed by atoms with E-state index in [-0.39, 0.29) is 12.5 Å². The van der Waals surface area contributed by atoms with Gasteiger partial charge in [0, 0.05) is 18.7 Å². The zero-order valence-electron chi connectivity index (χ0n) is 11.1. The molecule has 0 spiro atoms. The molecule has 1 aromatic rings. The Balaban J connectivity index is 2.25. The van der Waals surface area contributed by atoms with Gasteiger partial charge in [0.05, 0.1) is 13.2 Å². The number of benzene rings is 1. The smallest absolute Gasteiger partial charge is 0.251 e. The fourth-order valence-corrected chi connectivity index (χ4v) is 1.63. The summed E-state index contributed by atoms with van der Waals surface area (Å²) in [5, 5.41) is 11.3. The molecule has 0 fully saturated rings. The van der Waals surface area contributed by atoms with Crippen LogP contribution in [-0.4, -0.2) is 43.9 Å². The number of rotatable bonds is 9. The highest BCUT2D eigenvalue weighted by atomic mass is 16.5. The van der Waals surface area contributed by atoms with E-state index in [1.54, 1.807) is 0 Å². The van der Waals surface area contributed by atoms with Gasteiger partial charge in [0.25, 0.3) is 5.91 Å². The first-order valence-electron chi connectivity index (χ1n) is 6.53. The van der Waals surface area contributed by atoms with Crippen molar-refractivity contribution < 1.29 is 14.6 Å². The quantitative estimate of drug-likeness (QED) is 0.562. The van der Waals surface area contributed by atoms with Crippen LogP contribution in [0.2, 0.25) is 0 Å². The van der Waals surface area contributed by atoms with E-state index >= 15 is 0 Å². The maximum Gasteiger partial charge on any atom is 0.251 e. The van der Waals surface area contributed by atoms with Gasteiger partial charge in [0.15, 0.2) is 0 Å². The lowest BCUT2D eigenvalue weighted by Crippen LogP contribution is -2.25. The standard InChI is InChI=1S/C14H22N2O3/c15-7-6-12-2-4-13(5-3-12)14(18)16-8-1-10-19-11-9-17/h2-5,17H,1,6-11,15H2,(H,16,18). The molecule has 0 saturated carbocycles. The molecular formula is C14H22N2O3. The van der Waals surface area contributed by atoms with Crippen molar-refractivity contribution in [1.82, 2.24) is 5.32 Å². The van der Waals surface area contributed by atoms with Crippen molar-refractivity contribution >= 4 is 5.91 Å². The third kappa shape index (κ3) is 6.33. The summed E-state index contributed by atoms with van der Waals surface area (Å²) in [6.07, 6.45) is 1.56. The van der Waals surface area contributed by atoms with Crippen LogP contribution in [0.25, 0.3) is 0 Å². The van der Waals surface area contributed by atoms with Gasteiger partial charge in [0.1, 0.15) is 0 Å². The number of hydrogen-bond acceptors (Lipinski definition) is 4. The topological polar surface area (TPSA) is 84.6 Å². The lowest BCUT2D eigenvalue weighted by Gasteiger charge is -2.06. The first kappa shape index (κ1) is 15.6. The van der Waals surface area contributed by atoms with Crippen LogP contribution >= 0.6 is 0 Å². The van der Waals surface area contributed by atoms with E-state index in [4.69, 9.17) is 15.6 Å². The van der Waals surface area contributed by atoms with E-state index in [1.165, 1.54) is 0 Å². The number of nitrogens with one attached hydrogen (secondary N) is 1. The van der Waals surface area contributed by atoms with Gasteiger partial charge < -0.3 is 20.9 Å². The van der Waals surface area contributed by atoms with Crippen LogP contribution in [0.15, 0.2) is 24.3 Å². The Morgan fingerprint density at radius 2 is 2.00 bits per heavy atom. The Kier molecular flexibility index (Phi) is 7.81. The van der Waals surface area contributed by atoms with Gasteiger partial charge in [-0.05, 0) is 37.1 Å². The number of carbonyl (C=O) groups excluding carboxylic acids is 1. The maximum atomic E-state index is 11.8. The average Bonchev–Trinajstić information content (AvgIpc) is 2.43. The van der Waals surface area contributed by atoms with E-state index in [0.717, 1.165) is 18.4 Å². The fraction of sp³-hybridized carbons (Fsp3) is 0.500. The second-order valence-corrected chi connectivity index (χ2v) is 4.18. The van der Waals surface area contributed by atoms with Crippen LogP contribution in [0, 0.1) is 0 Å². The molecule has 1 rings (SSSR count). The number of nitrogens with two attached hydrogens (primary N) is 1. The highest BCUT2D eigenvalue weighted by Crippen LogP contribution is 2.04. The minimum absolute atomic E-state index is 0.0293. The van der Waals surface area contributed by atoms with Gasteiger partial charge in [0.2, 0.25) is 0 Å². The molecule has 0 aliphatic carbocycles. The van der Waals surface area contributed by atoms with Gasteiger partial charge in [-0.1, -0.05) is 12.1 Å². The predicted octanol–water partition coefficient (Wildman–Crippen LogP) is 0.317. The van der Waals surface area contributed by atoms with Crippen molar-refractivity contribution in [3.05, 3.63) is 35.4 Å². The van der Waals surface area contributed by atoms with Crippen LogP contribution in [-0.2, 0) is 11.2 Å². The van der Waals surface area contributed by atoms with E-state index in [9.17, 15) is 4.79 Å². The van der Waals surface area contributed by atoms with Crippen LogP contribution in [0.1, 0.15) is 22.3 Å². The number of aliphatic hydroxyl groups excluding tert-OH is 1. The summed E-state index contributed by atoms with van der Waals surface area (Å²) in [4.78, 5) is 11.8. The molecule has 4 N–H and O–H groups in total. The Hall–Kier alpha value is -1.43. The zero-order valence-corrected chi connectivity index (χ0v) is 11.1. The lowest BCUT2D eigenvalue weighted by molar-refractivity contribution is 0.0867. The summed E-state index contributed by atoms with van der Waals surface area (Å²) < 4.78 is 5.10. The van der Waals surface area contributed by atoms with E-state index in [1.807, 2.05) is 24.3 Å². The van der Waals surface area contributed by atoms with E-state index in [2.05, 4.69) is 5.32 Å². The van der Waals surface area contributed by atoms with Crippen molar-refractivity contribution in [2.45, 2.75) is 12.8 Å². The molecule has 106 valence electrons. The Morgan fingerprint density at radius 1 is 1.26 bits per heavy atom. The summed E-state index contributed by atoms with van der Waals surface area (Å²) in [7, 11) is 0. The van der Waals surface area contributed by atoms with Crippen LogP contribution in [0.3, 0.4) is 0 Å². The van der Waals surface area contributed by atoms with Gasteiger partial charge in [-0.2, -0.15) is 0 Å². The average molecular weight is 266 g/mol. The molecule has 0 heterocycles. The first-order chi connectivity index (χ1) is 9.27. The van der Waals surface area contributed by atoms with Crippen LogP contribution in [0.4, 0.5) is 0 Å². The second kappa shape index (κ2) is 9.49. The van der Waals surface area contributed by atoms with Crippen LogP contribution < -0.4 is 11.1 Å². The van der Waals surface area contributed by atoms with Crippen molar-refractivity contribution in [3.63, 3.8) is 0 Å². The zero-order chi connectivity index (χ0) is 13.9. The van der Waals surface area contributed by atoms with Crippen LogP contribution in [0.5, 0.6) is 0 Å². The number of amides is 1. The van der Waals surface area contributed by atoms with Crippen molar-refractivity contribution in [3.8, 4) is 0 Å². The largest absolute Gasteiger partial charge is 0.394 e. The summed E-state index contributed by atoms with van der Waals surface area (Å²) in [5.74, 6) is -0.0820. The molecule has 5 nitrogen and oxygen atoms in total. The molecule has 5 heteroatoms. The van der Waals surface area contributed by atoms with Crippen molar-refractivity contribution in [2.24, 2.45) is 5.73 Å². The van der Waals surface area contributed by atoms with Gasteiger partial charge in [-0.25, -0.2) is 0 Å². The lowest BCUT2D eigenvalue weighted by atomic mass is 10.1. The molecule has 1 aromatic carbocycles. The van der Waals surface area contributed by atoms with Crippen molar-refractivity contribution in [2.75, 3.05) is 32.9 Å². The molecule has 0 aliphatic heterocycles. The summed E-state index contributed by atoms with van der Waals surface area (Å²) >= 11 is 0. The molecule has 0 bridgehead atoms. The molecule has 0 atom stereocenters. The molecule has 0 unspecified atom stereocenters. The highest BCUT2D eigenvalue weighted by Gasteiger charge is 2.04. The van der Waals surface area contributed by atoms with E-state index in [0.29, 0.717) is 31.9 Å². The summed E-state index contributed by atoms with van der Waals surface area (Å²) in [6, 6.07) is 7.46. The minimum atomic E-state index is -0.0820. The number of aliphatic hydroxyl groups is 1. The normalized spacial score (nSPS) is 10.4. The Bertz CT molecular complexity index is 365. The highest BCUT2D eigenvalue weighted by molar-refractivity contribution is 5.94. The molecule has 0 aliphatic rings. The monoisotopic (exact) mass is 266 g/mol. The minimum Gasteiger partial charge on any atom is -0.394 e. The molecular weight excluding hydrogens is 244 g/mol. The third-order valence-corrected chi connectivity index (χ3v) is 2.64. The SMILES string of the molecule is NCCc1ccc(C(=O)NCCCOCCO)cc1. The maximum absolute atomic E-state index is 11.8. The summed E-state index contributed by atoms with van der Waals surface area (Å²) in [6.45, 7) is 2.09. The Labute approximate surface area is 113 Å². The number of ether oxygens (including phenoxy) is 1. The van der Waals surface area contributed by atoms with Gasteiger partial charge in [-0.3, -0.25) is 4.79 Å². The van der Waals surface area contributed by atoms with Crippen molar-refractivity contribution in [1.29, 1.82) is 0 Å². The fourth-order valence-electron chi connectivity index (χ4n) is 1.63. The molecule has 1 amide bonds.